The third-order valence-electron chi connectivity index (χ3n) is 6.56. The lowest BCUT2D eigenvalue weighted by atomic mass is 10.0. The average Bonchev–Trinajstić information content (AvgIpc) is 3.33. The van der Waals surface area contributed by atoms with E-state index in [1.54, 1.807) is 27.6 Å². The van der Waals surface area contributed by atoms with Gasteiger partial charge >= 0.3 is 0 Å². The van der Waals surface area contributed by atoms with Crippen LogP contribution in [0.4, 0.5) is 16.0 Å². The number of pyridine rings is 1. The summed E-state index contributed by atoms with van der Waals surface area (Å²) in [4.78, 5) is 26.7. The zero-order valence-electron chi connectivity index (χ0n) is 19.1. The number of rotatable bonds is 5. The van der Waals surface area contributed by atoms with E-state index >= 15 is 4.39 Å². The second-order valence-corrected chi connectivity index (χ2v) is 8.60. The number of morpholine rings is 1. The Kier molecular flexibility index (Phi) is 6.29. The van der Waals surface area contributed by atoms with Crippen LogP contribution in [0.5, 0.6) is 0 Å². The molecule has 0 aromatic carbocycles. The van der Waals surface area contributed by atoms with Crippen molar-refractivity contribution in [1.29, 1.82) is 0 Å². The van der Waals surface area contributed by atoms with Crippen LogP contribution < -0.4 is 9.80 Å². The first-order valence-corrected chi connectivity index (χ1v) is 11.5. The molecule has 2 fully saturated rings. The van der Waals surface area contributed by atoms with Gasteiger partial charge in [-0.1, -0.05) is 6.07 Å². The first-order chi connectivity index (χ1) is 16.6. The highest BCUT2D eigenvalue weighted by molar-refractivity contribution is 5.78. The topological polar surface area (TPSA) is 99.3 Å². The molecule has 2 saturated heterocycles. The number of carbonyl (C=O) groups is 1. The Morgan fingerprint density at radius 2 is 2.09 bits per heavy atom. The summed E-state index contributed by atoms with van der Waals surface area (Å²) in [5.41, 5.74) is 1.54. The normalized spacial score (nSPS) is 19.0. The lowest BCUT2D eigenvalue weighted by molar-refractivity contribution is -0.135. The summed E-state index contributed by atoms with van der Waals surface area (Å²) in [6.45, 7) is 2.53. The van der Waals surface area contributed by atoms with Gasteiger partial charge in [0, 0.05) is 45.5 Å². The third kappa shape index (κ3) is 4.16. The van der Waals surface area contributed by atoms with Gasteiger partial charge < -0.3 is 24.5 Å². The van der Waals surface area contributed by atoms with Crippen molar-refractivity contribution < 1.29 is 19.0 Å². The fraction of sp³-hybridized carbons (Fsp3) is 0.478. The van der Waals surface area contributed by atoms with Crippen molar-refractivity contribution in [2.75, 3.05) is 62.8 Å². The number of piperidine rings is 1. The van der Waals surface area contributed by atoms with Crippen LogP contribution in [0.25, 0.3) is 16.9 Å². The summed E-state index contributed by atoms with van der Waals surface area (Å²) >= 11 is 0. The molecule has 0 spiro atoms. The Balaban J connectivity index is 1.57. The Morgan fingerprint density at radius 1 is 1.26 bits per heavy atom. The predicted molar refractivity (Wildman–Crippen MR) is 124 cm³/mol. The van der Waals surface area contributed by atoms with Gasteiger partial charge in [0.15, 0.2) is 17.5 Å². The van der Waals surface area contributed by atoms with Crippen LogP contribution in [0.3, 0.4) is 0 Å². The van der Waals surface area contributed by atoms with E-state index < -0.39 is 12.4 Å². The Labute approximate surface area is 196 Å². The molecule has 2 aliphatic rings. The fourth-order valence-electron chi connectivity index (χ4n) is 4.64. The minimum atomic E-state index is -0.529. The van der Waals surface area contributed by atoms with Gasteiger partial charge in [0.25, 0.3) is 0 Å². The third-order valence-corrected chi connectivity index (χ3v) is 6.56. The van der Waals surface area contributed by atoms with Gasteiger partial charge in [-0.2, -0.15) is 9.49 Å². The molecule has 0 unspecified atom stereocenters. The Morgan fingerprint density at radius 3 is 2.88 bits per heavy atom. The summed E-state index contributed by atoms with van der Waals surface area (Å²) in [5.74, 6) is 0.0113. The van der Waals surface area contributed by atoms with Crippen molar-refractivity contribution in [3.8, 4) is 11.4 Å². The van der Waals surface area contributed by atoms with E-state index in [4.69, 9.17) is 4.74 Å². The first kappa shape index (κ1) is 22.5. The number of carbonyl (C=O) groups excluding carboxylic acids is 1. The number of hydrogen-bond donors (Lipinski definition) is 1. The first-order valence-electron chi connectivity index (χ1n) is 11.5. The van der Waals surface area contributed by atoms with E-state index in [1.807, 2.05) is 29.3 Å². The standard InChI is InChI=1S/C23H28FN7O3/c1-28(16-5-4-7-30(14-16)19(33)15-32)22-20(24)23(29-9-11-34-12-10-29)27-21(26-22)17-13-25-31-8-3-2-6-18(17)31/h2-3,6,8,13,16,32H,4-5,7,9-12,14-15H2,1H3/t16-/m1/s1. The van der Waals surface area contributed by atoms with Crippen LogP contribution in [0.15, 0.2) is 30.6 Å². The van der Waals surface area contributed by atoms with E-state index in [0.717, 1.165) is 18.4 Å². The quantitative estimate of drug-likeness (QED) is 0.595. The van der Waals surface area contributed by atoms with E-state index in [0.29, 0.717) is 50.8 Å². The van der Waals surface area contributed by atoms with Crippen molar-refractivity contribution in [3.63, 3.8) is 0 Å². The molecule has 5 heterocycles. The maximum absolute atomic E-state index is 15.9. The highest BCUT2D eigenvalue weighted by Gasteiger charge is 2.31. The van der Waals surface area contributed by atoms with Crippen LogP contribution >= 0.6 is 0 Å². The molecule has 5 rings (SSSR count). The van der Waals surface area contributed by atoms with Gasteiger partial charge in [-0.3, -0.25) is 4.79 Å². The monoisotopic (exact) mass is 469 g/mol. The minimum Gasteiger partial charge on any atom is -0.387 e. The molecule has 1 atom stereocenters. The SMILES string of the molecule is CN(c1nc(-c2cnn3ccccc23)nc(N2CCOCC2)c1F)[C@@H]1CCCN(C(=O)CO)C1. The number of likely N-dealkylation sites (N-methyl/N-ethyl adjacent to an activating group) is 1. The number of ether oxygens (including phenoxy) is 1. The maximum atomic E-state index is 15.9. The number of nitrogens with zero attached hydrogens (tertiary/aromatic N) is 7. The van der Waals surface area contributed by atoms with Crippen LogP contribution in [0.1, 0.15) is 12.8 Å². The fourth-order valence-corrected chi connectivity index (χ4v) is 4.64. The molecule has 0 radical (unpaired) electrons. The molecule has 11 heteroatoms. The number of aliphatic hydroxyl groups is 1. The number of likely N-dealkylation sites (tertiary alicyclic amines) is 1. The van der Waals surface area contributed by atoms with Gasteiger partial charge in [0.1, 0.15) is 6.61 Å². The van der Waals surface area contributed by atoms with Crippen LogP contribution in [-0.2, 0) is 9.53 Å². The number of fused-ring (bicyclic) bond motifs is 1. The molecule has 180 valence electrons. The summed E-state index contributed by atoms with van der Waals surface area (Å²) < 4.78 is 23.1. The van der Waals surface area contributed by atoms with Gasteiger partial charge in [0.05, 0.1) is 30.5 Å². The summed E-state index contributed by atoms with van der Waals surface area (Å²) in [7, 11) is 1.80. The summed E-state index contributed by atoms with van der Waals surface area (Å²) in [5, 5.41) is 13.7. The Hall–Kier alpha value is -3.31. The largest absolute Gasteiger partial charge is 0.387 e. The number of amides is 1. The van der Waals surface area contributed by atoms with Crippen molar-refractivity contribution >= 4 is 23.1 Å². The van der Waals surface area contributed by atoms with Gasteiger partial charge in [-0.05, 0) is 25.0 Å². The molecule has 1 amide bonds. The minimum absolute atomic E-state index is 0.136. The Bertz CT molecular complexity index is 1180. The highest BCUT2D eigenvalue weighted by Crippen LogP contribution is 2.32. The van der Waals surface area contributed by atoms with E-state index in [-0.39, 0.29) is 23.6 Å². The second kappa shape index (κ2) is 9.51. The lowest BCUT2D eigenvalue weighted by Gasteiger charge is -2.38. The van der Waals surface area contributed by atoms with Crippen molar-refractivity contribution in [2.24, 2.45) is 0 Å². The van der Waals surface area contributed by atoms with Crippen molar-refractivity contribution in [2.45, 2.75) is 18.9 Å². The van der Waals surface area contributed by atoms with Gasteiger partial charge in [-0.15, -0.1) is 0 Å². The van der Waals surface area contributed by atoms with Crippen LogP contribution in [0, 0.1) is 5.82 Å². The maximum Gasteiger partial charge on any atom is 0.248 e. The molecule has 3 aromatic heterocycles. The van der Waals surface area contributed by atoms with Crippen molar-refractivity contribution in [1.82, 2.24) is 24.5 Å². The number of aromatic nitrogens is 4. The van der Waals surface area contributed by atoms with E-state index in [1.165, 1.54) is 0 Å². The second-order valence-electron chi connectivity index (χ2n) is 8.60. The number of anilines is 2. The number of hydrogen-bond acceptors (Lipinski definition) is 8. The molecular formula is C23H28FN7O3. The van der Waals surface area contributed by atoms with E-state index in [2.05, 4.69) is 15.1 Å². The van der Waals surface area contributed by atoms with Gasteiger partial charge in [-0.25, -0.2) is 14.5 Å². The molecule has 34 heavy (non-hydrogen) atoms. The highest BCUT2D eigenvalue weighted by atomic mass is 19.1. The molecule has 0 aliphatic carbocycles. The van der Waals surface area contributed by atoms with Gasteiger partial charge in [0.2, 0.25) is 11.7 Å². The molecule has 2 aliphatic heterocycles. The number of aliphatic hydroxyl groups excluding tert-OH is 1. The van der Waals surface area contributed by atoms with Crippen LogP contribution in [-0.4, -0.2) is 94.6 Å². The molecule has 3 aromatic rings. The molecule has 1 N–H and O–H groups in total. The van der Waals surface area contributed by atoms with Crippen molar-refractivity contribution in [3.05, 3.63) is 36.4 Å². The molecular weight excluding hydrogens is 441 g/mol. The zero-order valence-corrected chi connectivity index (χ0v) is 19.1. The molecule has 0 bridgehead atoms. The molecule has 10 nitrogen and oxygen atoms in total. The summed E-state index contributed by atoms with van der Waals surface area (Å²) in [6.07, 6.45) is 5.09. The van der Waals surface area contributed by atoms with Crippen LogP contribution in [0.2, 0.25) is 0 Å². The summed E-state index contributed by atoms with van der Waals surface area (Å²) in [6, 6.07) is 5.58. The molecule has 0 saturated carbocycles. The smallest absolute Gasteiger partial charge is 0.248 e. The zero-order chi connectivity index (χ0) is 23.7. The number of halogens is 1. The predicted octanol–water partition coefficient (Wildman–Crippen LogP) is 1.19. The average molecular weight is 470 g/mol. The lowest BCUT2D eigenvalue weighted by Crippen LogP contribution is -2.50. The van der Waals surface area contributed by atoms with E-state index in [9.17, 15) is 9.90 Å².